The number of esters is 2. The maximum atomic E-state index is 12.9. The molecule has 5 rings (SSSR count). The molecule has 1 spiro atoms. The van der Waals surface area contributed by atoms with Gasteiger partial charge in [0.25, 0.3) is 0 Å². The summed E-state index contributed by atoms with van der Waals surface area (Å²) in [5, 5.41) is 0. The van der Waals surface area contributed by atoms with Gasteiger partial charge in [0.2, 0.25) is 0 Å². The lowest BCUT2D eigenvalue weighted by molar-refractivity contribution is -0.292. The smallest absolute Gasteiger partial charge is 0.309 e. The molecule has 7 nitrogen and oxygen atoms in total. The Kier molecular flexibility index (Phi) is 4.72. The van der Waals surface area contributed by atoms with E-state index in [-0.39, 0.29) is 48.8 Å². The zero-order chi connectivity index (χ0) is 22.9. The standard InChI is InChI=1S/C25H30O7/c1-14-18-5-7-23(2)22(15-6-8-30-13-15)31-21(28)12-25(14,23)32-19-11-17(26)9-16(24(18,19)3)10-20(27)29-4/h6,8,13,16,18-19,22H,1,5,7,9-12H2,2-4H3/t16?,18?,19?,22-,23-,24-,25?/m0/s1. The van der Waals surface area contributed by atoms with Gasteiger partial charge < -0.3 is 18.6 Å². The van der Waals surface area contributed by atoms with Gasteiger partial charge in [0, 0.05) is 35.7 Å². The van der Waals surface area contributed by atoms with Crippen molar-refractivity contribution >= 4 is 17.7 Å². The predicted molar refractivity (Wildman–Crippen MR) is 112 cm³/mol. The average Bonchev–Trinajstić information content (AvgIpc) is 3.26. The van der Waals surface area contributed by atoms with E-state index >= 15 is 0 Å². The van der Waals surface area contributed by atoms with E-state index in [4.69, 9.17) is 18.6 Å². The summed E-state index contributed by atoms with van der Waals surface area (Å²) in [6.07, 6.45) is 4.72. The Morgan fingerprint density at radius 1 is 1.28 bits per heavy atom. The Balaban J connectivity index is 1.60. The largest absolute Gasteiger partial charge is 0.472 e. The van der Waals surface area contributed by atoms with Crippen LogP contribution in [0, 0.1) is 22.7 Å². The van der Waals surface area contributed by atoms with Gasteiger partial charge in [-0.1, -0.05) is 20.4 Å². The number of ketones is 1. The Labute approximate surface area is 187 Å². The normalized spacial score (nSPS) is 43.2. The summed E-state index contributed by atoms with van der Waals surface area (Å²) in [4.78, 5) is 37.8. The molecule has 7 heteroatoms. The quantitative estimate of drug-likeness (QED) is 0.517. The second kappa shape index (κ2) is 7.04. The number of fused-ring (bicyclic) bond motifs is 3. The molecule has 2 bridgehead atoms. The van der Waals surface area contributed by atoms with Gasteiger partial charge in [0.05, 0.1) is 32.2 Å². The van der Waals surface area contributed by atoms with E-state index in [1.54, 1.807) is 12.5 Å². The second-order valence-corrected chi connectivity index (χ2v) is 10.4. The molecule has 0 amide bonds. The number of furan rings is 1. The molecule has 4 unspecified atom stereocenters. The summed E-state index contributed by atoms with van der Waals surface area (Å²) >= 11 is 0. The van der Waals surface area contributed by atoms with Gasteiger partial charge in [0.15, 0.2) is 0 Å². The first-order chi connectivity index (χ1) is 15.2. The van der Waals surface area contributed by atoms with Crippen LogP contribution in [0.15, 0.2) is 35.2 Å². The first-order valence-corrected chi connectivity index (χ1v) is 11.3. The van der Waals surface area contributed by atoms with Gasteiger partial charge >= 0.3 is 11.9 Å². The van der Waals surface area contributed by atoms with E-state index in [0.29, 0.717) is 6.42 Å². The van der Waals surface area contributed by atoms with Gasteiger partial charge in [0.1, 0.15) is 17.5 Å². The minimum Gasteiger partial charge on any atom is -0.472 e. The molecule has 4 fully saturated rings. The van der Waals surface area contributed by atoms with Gasteiger partial charge in [-0.25, -0.2) is 0 Å². The lowest BCUT2D eigenvalue weighted by atomic mass is 9.44. The summed E-state index contributed by atoms with van der Waals surface area (Å²) in [5.74, 6) is -0.738. The molecule has 2 saturated heterocycles. The molecule has 1 aromatic heterocycles. The highest BCUT2D eigenvalue weighted by Gasteiger charge is 2.71. The first-order valence-electron chi connectivity index (χ1n) is 11.3. The molecule has 0 N–H and O–H groups in total. The fraction of sp³-hybridized carbons (Fsp3) is 0.640. The first kappa shape index (κ1) is 21.4. The number of carbonyl (C=O) groups is 3. The summed E-state index contributed by atoms with van der Waals surface area (Å²) < 4.78 is 23.0. The van der Waals surface area contributed by atoms with Gasteiger partial charge in [-0.05, 0) is 36.3 Å². The monoisotopic (exact) mass is 442 g/mol. The minimum atomic E-state index is -0.926. The van der Waals surface area contributed by atoms with Crippen LogP contribution in [0.5, 0.6) is 0 Å². The predicted octanol–water partition coefficient (Wildman–Crippen LogP) is 3.93. The fourth-order valence-corrected chi connectivity index (χ4v) is 7.20. The number of hydrogen-bond donors (Lipinski definition) is 0. The van der Waals surface area contributed by atoms with Crippen LogP contribution in [0.2, 0.25) is 0 Å². The van der Waals surface area contributed by atoms with Crippen molar-refractivity contribution in [1.29, 1.82) is 0 Å². The van der Waals surface area contributed by atoms with Crippen LogP contribution in [-0.2, 0) is 28.6 Å². The summed E-state index contributed by atoms with van der Waals surface area (Å²) in [6, 6.07) is 1.82. The number of Topliss-reactive ketones (excluding diaryl/α,β-unsaturated/α-hetero) is 1. The molecule has 172 valence electrons. The number of rotatable bonds is 3. The van der Waals surface area contributed by atoms with Crippen LogP contribution in [-0.4, -0.2) is 36.5 Å². The topological polar surface area (TPSA) is 92.0 Å². The second-order valence-electron chi connectivity index (χ2n) is 10.4. The molecule has 2 aliphatic heterocycles. The molecular formula is C25H30O7. The fourth-order valence-electron chi connectivity index (χ4n) is 7.20. The zero-order valence-corrected chi connectivity index (χ0v) is 18.8. The van der Waals surface area contributed by atoms with E-state index in [1.165, 1.54) is 7.11 Å². The Morgan fingerprint density at radius 2 is 2.06 bits per heavy atom. The van der Waals surface area contributed by atoms with Crippen molar-refractivity contribution in [2.75, 3.05) is 7.11 Å². The van der Waals surface area contributed by atoms with Crippen molar-refractivity contribution in [2.24, 2.45) is 22.7 Å². The van der Waals surface area contributed by atoms with Crippen LogP contribution in [0.3, 0.4) is 0 Å². The van der Waals surface area contributed by atoms with Crippen molar-refractivity contribution in [3.63, 3.8) is 0 Å². The lowest BCUT2D eigenvalue weighted by Crippen LogP contribution is -2.71. The SMILES string of the molecule is C=C1C2CC[C@@]3(C)[C@H](c4ccoc4)OC(=O)CC13OC1CC(=O)CC(CC(=O)OC)[C@]12C. The summed E-state index contributed by atoms with van der Waals surface area (Å²) in [5.41, 5.74) is -0.216. The average molecular weight is 443 g/mol. The van der Waals surface area contributed by atoms with Crippen molar-refractivity contribution in [2.45, 2.75) is 70.2 Å². The van der Waals surface area contributed by atoms with Crippen LogP contribution in [0.4, 0.5) is 0 Å². The van der Waals surface area contributed by atoms with Crippen molar-refractivity contribution in [3.05, 3.63) is 36.3 Å². The highest BCUT2D eigenvalue weighted by atomic mass is 16.6. The highest BCUT2D eigenvalue weighted by Crippen LogP contribution is 2.70. The van der Waals surface area contributed by atoms with Crippen LogP contribution in [0.1, 0.15) is 64.0 Å². The third-order valence-corrected chi connectivity index (χ3v) is 9.08. The van der Waals surface area contributed by atoms with Gasteiger partial charge in [-0.15, -0.1) is 0 Å². The maximum absolute atomic E-state index is 12.9. The van der Waals surface area contributed by atoms with E-state index in [9.17, 15) is 14.4 Å². The minimum absolute atomic E-state index is 0.0352. The number of methoxy groups -OCH3 is 1. The van der Waals surface area contributed by atoms with Crippen LogP contribution < -0.4 is 0 Å². The number of carbonyl (C=O) groups excluding carboxylic acids is 3. The summed E-state index contributed by atoms with van der Waals surface area (Å²) in [6.45, 7) is 8.72. The highest BCUT2D eigenvalue weighted by molar-refractivity contribution is 5.82. The van der Waals surface area contributed by atoms with Crippen LogP contribution >= 0.6 is 0 Å². The van der Waals surface area contributed by atoms with E-state index in [2.05, 4.69) is 20.4 Å². The molecule has 7 atom stereocenters. The Morgan fingerprint density at radius 3 is 2.75 bits per heavy atom. The van der Waals surface area contributed by atoms with E-state index in [0.717, 1.165) is 24.0 Å². The molecule has 0 aromatic carbocycles. The third kappa shape index (κ3) is 2.66. The molecular weight excluding hydrogens is 412 g/mol. The van der Waals surface area contributed by atoms with E-state index < -0.39 is 28.6 Å². The number of ether oxygens (including phenoxy) is 3. The molecule has 3 heterocycles. The molecule has 0 radical (unpaired) electrons. The molecule has 32 heavy (non-hydrogen) atoms. The Hall–Kier alpha value is -2.41. The van der Waals surface area contributed by atoms with Crippen LogP contribution in [0.25, 0.3) is 0 Å². The van der Waals surface area contributed by atoms with Crippen molar-refractivity contribution < 1.29 is 33.0 Å². The van der Waals surface area contributed by atoms with Crippen molar-refractivity contribution in [3.8, 4) is 0 Å². The third-order valence-electron chi connectivity index (χ3n) is 9.08. The maximum Gasteiger partial charge on any atom is 0.309 e. The zero-order valence-electron chi connectivity index (χ0n) is 18.8. The summed E-state index contributed by atoms with van der Waals surface area (Å²) in [7, 11) is 1.37. The number of hydrogen-bond acceptors (Lipinski definition) is 7. The van der Waals surface area contributed by atoms with E-state index in [1.807, 2.05) is 6.07 Å². The van der Waals surface area contributed by atoms with Crippen molar-refractivity contribution in [1.82, 2.24) is 0 Å². The Bertz CT molecular complexity index is 980. The lowest BCUT2D eigenvalue weighted by Gasteiger charge is -2.68. The molecule has 1 aromatic rings. The number of cyclic esters (lactones) is 1. The van der Waals surface area contributed by atoms with Gasteiger partial charge in [-0.2, -0.15) is 0 Å². The van der Waals surface area contributed by atoms with Gasteiger partial charge in [-0.3, -0.25) is 14.4 Å². The molecule has 2 aliphatic carbocycles. The molecule has 2 saturated carbocycles. The molecule has 4 aliphatic rings.